The molecule has 102 valence electrons. The molecule has 1 aromatic carbocycles. The number of hydrogen-bond donors (Lipinski definition) is 0. The Balaban J connectivity index is 3.42. The zero-order valence-corrected chi connectivity index (χ0v) is 12.8. The van der Waals surface area contributed by atoms with Gasteiger partial charge in [0.1, 0.15) is 0 Å². The van der Waals surface area contributed by atoms with Gasteiger partial charge in [-0.2, -0.15) is 0 Å². The lowest BCUT2D eigenvalue weighted by molar-refractivity contribution is 0.577. The minimum absolute atomic E-state index is 0.0854. The fraction of sp³-hybridized carbons (Fsp3) is 0. The van der Waals surface area contributed by atoms with Crippen LogP contribution in [0.3, 0.4) is 0 Å². The lowest BCUT2D eigenvalue weighted by Crippen LogP contribution is -2.15. The maximum absolute atomic E-state index is 11.6. The molecule has 0 aliphatic carbocycles. The fourth-order valence-corrected chi connectivity index (χ4v) is 3.36. The van der Waals surface area contributed by atoms with Crippen molar-refractivity contribution in [2.75, 3.05) is 0 Å². The van der Waals surface area contributed by atoms with Crippen molar-refractivity contribution >= 4 is 67.2 Å². The van der Waals surface area contributed by atoms with Crippen LogP contribution < -0.4 is 0 Å². The molecule has 18 heavy (non-hydrogen) atoms. The van der Waals surface area contributed by atoms with E-state index in [9.17, 15) is 16.8 Å². The van der Waals surface area contributed by atoms with Crippen LogP contribution in [0.25, 0.3) is 0 Å². The van der Waals surface area contributed by atoms with E-state index in [1.807, 2.05) is 0 Å². The molecule has 1 aromatic rings. The van der Waals surface area contributed by atoms with Crippen molar-refractivity contribution in [1.29, 1.82) is 0 Å². The minimum Gasteiger partial charge on any atom is -0.204 e. The fourth-order valence-electron chi connectivity index (χ4n) is 0.954. The number of rotatable bonds is 4. The minimum atomic E-state index is -4.19. The van der Waals surface area contributed by atoms with E-state index in [1.165, 1.54) is 6.07 Å². The highest BCUT2D eigenvalue weighted by Crippen LogP contribution is 2.25. The Morgan fingerprint density at radius 3 is 1.39 bits per heavy atom. The summed E-state index contributed by atoms with van der Waals surface area (Å²) in [6.07, 6.45) is 0. The maximum Gasteiger partial charge on any atom is 0.270 e. The monoisotopic (exact) mass is 372 g/mol. The number of sulfonamides is 2. The Morgan fingerprint density at radius 2 is 1.11 bits per heavy atom. The molecule has 0 aliphatic heterocycles. The van der Waals surface area contributed by atoms with Crippen LogP contribution in [-0.4, -0.2) is 23.5 Å². The van der Waals surface area contributed by atoms with Gasteiger partial charge in [-0.15, -0.1) is 0 Å². The van der Waals surface area contributed by atoms with Gasteiger partial charge in [-0.05, 0) is 24.9 Å². The second-order valence-corrected chi connectivity index (χ2v) is 8.90. The Hall–Kier alpha value is 0.200. The van der Waals surface area contributed by atoms with E-state index in [1.54, 1.807) is 0 Å². The molecule has 0 atom stereocenters. The highest BCUT2D eigenvalue weighted by molar-refractivity contribution is 7.91. The predicted octanol–water partition coefficient (Wildman–Crippen LogP) is 2.28. The molecular formula is C6H4Cl4N2O4S2. The van der Waals surface area contributed by atoms with Crippen molar-refractivity contribution in [3.05, 3.63) is 24.3 Å². The molecule has 0 unspecified atom stereocenters. The summed E-state index contributed by atoms with van der Waals surface area (Å²) in [5.41, 5.74) is 0. The second kappa shape index (κ2) is 5.68. The van der Waals surface area contributed by atoms with Crippen molar-refractivity contribution < 1.29 is 16.8 Å². The number of benzene rings is 1. The molecular weight excluding hydrogens is 370 g/mol. The zero-order chi connectivity index (χ0) is 14.1. The van der Waals surface area contributed by atoms with Gasteiger partial charge in [0, 0.05) is 47.1 Å². The van der Waals surface area contributed by atoms with Crippen LogP contribution in [0.2, 0.25) is 0 Å². The van der Waals surface area contributed by atoms with Crippen LogP contribution in [0.4, 0.5) is 0 Å². The van der Waals surface area contributed by atoms with Gasteiger partial charge in [-0.1, -0.05) is 6.07 Å². The average Bonchev–Trinajstić information content (AvgIpc) is 2.28. The van der Waals surface area contributed by atoms with Crippen molar-refractivity contribution in [1.82, 2.24) is 6.69 Å². The quantitative estimate of drug-likeness (QED) is 0.758. The number of halogens is 4. The van der Waals surface area contributed by atoms with Gasteiger partial charge in [-0.25, -0.2) is 16.8 Å². The van der Waals surface area contributed by atoms with Gasteiger partial charge in [-0.3, -0.25) is 0 Å². The van der Waals surface area contributed by atoms with E-state index in [0.717, 1.165) is 18.2 Å². The molecule has 0 saturated heterocycles. The summed E-state index contributed by atoms with van der Waals surface area (Å²) >= 11 is 20.5. The Morgan fingerprint density at radius 1 is 0.778 bits per heavy atom. The van der Waals surface area contributed by atoms with Gasteiger partial charge in [0.2, 0.25) is 0 Å². The highest BCUT2D eigenvalue weighted by atomic mass is 35.6. The topological polar surface area (TPSA) is 74.8 Å². The summed E-state index contributed by atoms with van der Waals surface area (Å²) < 4.78 is 46.1. The van der Waals surface area contributed by atoms with Crippen LogP contribution in [0, 0.1) is 0 Å². The largest absolute Gasteiger partial charge is 0.270 e. The lowest BCUT2D eigenvalue weighted by Gasteiger charge is -2.09. The normalized spacial score (nSPS) is 13.2. The first kappa shape index (κ1) is 16.3. The van der Waals surface area contributed by atoms with Gasteiger partial charge in [0.25, 0.3) is 20.0 Å². The molecule has 6 nitrogen and oxygen atoms in total. The van der Waals surface area contributed by atoms with Gasteiger partial charge in [0.05, 0.1) is 9.79 Å². The van der Waals surface area contributed by atoms with Gasteiger partial charge in [0.15, 0.2) is 0 Å². The van der Waals surface area contributed by atoms with Crippen molar-refractivity contribution in [2.24, 2.45) is 0 Å². The Kier molecular flexibility index (Phi) is 5.13. The summed E-state index contributed by atoms with van der Waals surface area (Å²) in [7, 11) is -8.38. The number of hydrogen-bond acceptors (Lipinski definition) is 4. The van der Waals surface area contributed by atoms with Crippen LogP contribution in [0.1, 0.15) is 0 Å². The summed E-state index contributed by atoms with van der Waals surface area (Å²) in [6, 6.07) is 4.21. The Bertz CT molecular complexity index is 590. The molecule has 0 radical (unpaired) electrons. The van der Waals surface area contributed by atoms with Gasteiger partial charge >= 0.3 is 0 Å². The second-order valence-electron chi connectivity index (χ2n) is 2.83. The summed E-state index contributed by atoms with van der Waals surface area (Å²) in [5, 5.41) is 0. The third-order valence-electron chi connectivity index (χ3n) is 1.76. The first-order chi connectivity index (χ1) is 8.10. The molecule has 12 heteroatoms. The first-order valence-electron chi connectivity index (χ1n) is 3.94. The molecule has 0 N–H and O–H groups in total. The number of nitrogens with zero attached hydrogens (tertiary/aromatic N) is 2. The van der Waals surface area contributed by atoms with Crippen molar-refractivity contribution in [3.8, 4) is 0 Å². The Labute approximate surface area is 124 Å². The standard InChI is InChI=1S/C6H4Cl4N2O4S2/c7-11(8)17(13,14)5-2-1-3-6(4-5)18(15,16)12(9)10/h1-4H. The van der Waals surface area contributed by atoms with E-state index in [4.69, 9.17) is 47.1 Å². The molecule has 0 bridgehead atoms. The summed E-state index contributed by atoms with van der Waals surface area (Å²) in [6.45, 7) is 0. The molecule has 0 saturated carbocycles. The van der Waals surface area contributed by atoms with Crippen molar-refractivity contribution in [2.45, 2.75) is 9.79 Å². The van der Waals surface area contributed by atoms with Crippen LogP contribution in [0.5, 0.6) is 0 Å². The molecule has 1 rings (SSSR count). The van der Waals surface area contributed by atoms with Gasteiger partial charge < -0.3 is 0 Å². The third kappa shape index (κ3) is 3.20. The third-order valence-corrected chi connectivity index (χ3v) is 6.37. The molecule has 0 fully saturated rings. The van der Waals surface area contributed by atoms with E-state index in [2.05, 4.69) is 0 Å². The molecule has 0 spiro atoms. The van der Waals surface area contributed by atoms with E-state index >= 15 is 0 Å². The van der Waals surface area contributed by atoms with E-state index in [-0.39, 0.29) is 6.69 Å². The SMILES string of the molecule is O=S(=O)(c1cccc(S(=O)(=O)N(Cl)Cl)c1)N(Cl)Cl. The predicted molar refractivity (Wildman–Crippen MR) is 67.9 cm³/mol. The summed E-state index contributed by atoms with van der Waals surface area (Å²) in [5.74, 6) is 0. The highest BCUT2D eigenvalue weighted by Gasteiger charge is 2.26. The van der Waals surface area contributed by atoms with Crippen molar-refractivity contribution in [3.63, 3.8) is 0 Å². The smallest absolute Gasteiger partial charge is 0.204 e. The molecule has 0 amide bonds. The van der Waals surface area contributed by atoms with Crippen LogP contribution >= 0.6 is 47.1 Å². The molecule has 0 aliphatic rings. The first-order valence-corrected chi connectivity index (χ1v) is 8.17. The van der Waals surface area contributed by atoms with Crippen LogP contribution in [0.15, 0.2) is 34.1 Å². The lowest BCUT2D eigenvalue weighted by atomic mass is 10.4. The van der Waals surface area contributed by atoms with E-state index < -0.39 is 29.8 Å². The molecule has 0 heterocycles. The molecule has 0 aromatic heterocycles. The zero-order valence-electron chi connectivity index (χ0n) is 8.17. The average molecular weight is 374 g/mol. The van der Waals surface area contributed by atoms with E-state index in [0.29, 0.717) is 0 Å². The van der Waals surface area contributed by atoms with Crippen LogP contribution in [-0.2, 0) is 20.0 Å². The maximum atomic E-state index is 11.6. The summed E-state index contributed by atoms with van der Waals surface area (Å²) in [4.78, 5) is -0.854.